The Balaban J connectivity index is 2.15. The molecule has 1 unspecified atom stereocenters. The molecule has 0 saturated carbocycles. The van der Waals surface area contributed by atoms with Crippen LogP contribution in [0.1, 0.15) is 24.5 Å². The third kappa shape index (κ3) is 4.65. The molecule has 2 N–H and O–H groups in total. The van der Waals surface area contributed by atoms with Gasteiger partial charge in [-0.1, -0.05) is 54.0 Å². The van der Waals surface area contributed by atoms with Crippen molar-refractivity contribution in [1.29, 1.82) is 0 Å². The summed E-state index contributed by atoms with van der Waals surface area (Å²) in [5, 5.41) is 1.17. The van der Waals surface area contributed by atoms with Crippen LogP contribution < -0.4 is 5.73 Å². The molecule has 0 spiro atoms. The first-order chi connectivity index (χ1) is 9.99. The van der Waals surface area contributed by atoms with Crippen LogP contribution in [0.3, 0.4) is 0 Å². The van der Waals surface area contributed by atoms with Crippen LogP contribution in [0.15, 0.2) is 46.2 Å². The number of aryl methyl sites for hydroxylation is 1. The summed E-state index contributed by atoms with van der Waals surface area (Å²) in [6.45, 7) is 4.24. The second-order valence-electron chi connectivity index (χ2n) is 5.15. The Bertz CT molecular complexity index is 628. The first kappa shape index (κ1) is 16.7. The predicted molar refractivity (Wildman–Crippen MR) is 93.7 cm³/mol. The first-order valence-electron chi connectivity index (χ1n) is 6.97. The fraction of sp³-hybridized carbons (Fsp3) is 0.294. The number of rotatable bonds is 5. The Kier molecular flexibility index (Phi) is 6.00. The molecule has 0 aliphatic rings. The Morgan fingerprint density at radius 2 is 1.86 bits per heavy atom. The molecule has 0 saturated heterocycles. The van der Waals surface area contributed by atoms with Crippen molar-refractivity contribution < 1.29 is 0 Å². The van der Waals surface area contributed by atoms with E-state index in [1.807, 2.05) is 18.2 Å². The number of hydrogen-bond acceptors (Lipinski definition) is 2. The fourth-order valence-corrected chi connectivity index (χ4v) is 3.35. The third-order valence-corrected chi connectivity index (χ3v) is 5.29. The van der Waals surface area contributed by atoms with E-state index in [0.717, 1.165) is 17.7 Å². The third-order valence-electron chi connectivity index (χ3n) is 3.38. The van der Waals surface area contributed by atoms with Gasteiger partial charge in [0.05, 0.1) is 10.0 Å². The van der Waals surface area contributed by atoms with Crippen molar-refractivity contribution in [3.05, 3.63) is 57.6 Å². The fourth-order valence-electron chi connectivity index (χ4n) is 2.07. The zero-order valence-corrected chi connectivity index (χ0v) is 14.5. The Morgan fingerprint density at radius 1 is 1.10 bits per heavy atom. The van der Waals surface area contributed by atoms with E-state index in [-0.39, 0.29) is 6.04 Å². The molecule has 0 radical (unpaired) electrons. The summed E-state index contributed by atoms with van der Waals surface area (Å²) >= 11 is 13.7. The Hall–Kier alpha value is -0.670. The zero-order valence-electron chi connectivity index (χ0n) is 12.2. The molecule has 0 aliphatic carbocycles. The average Bonchev–Trinajstić information content (AvgIpc) is 2.45. The van der Waals surface area contributed by atoms with Crippen molar-refractivity contribution in [2.24, 2.45) is 5.73 Å². The van der Waals surface area contributed by atoms with Crippen LogP contribution in [0.4, 0.5) is 0 Å². The van der Waals surface area contributed by atoms with Crippen LogP contribution >= 0.6 is 35.0 Å². The predicted octanol–water partition coefficient (Wildman–Crippen LogP) is 5.73. The van der Waals surface area contributed by atoms with Gasteiger partial charge < -0.3 is 5.73 Å². The quantitative estimate of drug-likeness (QED) is 0.752. The van der Waals surface area contributed by atoms with E-state index in [9.17, 15) is 0 Å². The van der Waals surface area contributed by atoms with Gasteiger partial charge in [-0.25, -0.2) is 0 Å². The Morgan fingerprint density at radius 3 is 2.48 bits per heavy atom. The molecule has 112 valence electrons. The minimum absolute atomic E-state index is 0.234. The number of nitrogens with two attached hydrogens (primary N) is 1. The topological polar surface area (TPSA) is 26.0 Å². The highest BCUT2D eigenvalue weighted by atomic mass is 35.5. The molecule has 21 heavy (non-hydrogen) atoms. The minimum atomic E-state index is 0.234. The summed E-state index contributed by atoms with van der Waals surface area (Å²) in [5.74, 6) is 0. The summed E-state index contributed by atoms with van der Waals surface area (Å²) in [4.78, 5) is 2.31. The van der Waals surface area contributed by atoms with E-state index in [4.69, 9.17) is 28.9 Å². The van der Waals surface area contributed by atoms with E-state index < -0.39 is 0 Å². The standard InChI is InChI=1S/C17H19Cl2NS/c1-3-13(20)9-12-4-7-17(11(2)8-12)21-14-5-6-15(18)16(19)10-14/h4-8,10,13H,3,9,20H2,1-2H3. The molecule has 0 fully saturated rings. The maximum absolute atomic E-state index is 6.06. The van der Waals surface area contributed by atoms with Gasteiger partial charge in [0, 0.05) is 15.8 Å². The molecule has 2 aromatic rings. The van der Waals surface area contributed by atoms with Crippen LogP contribution in [0, 0.1) is 6.92 Å². The van der Waals surface area contributed by atoms with Gasteiger partial charge in [0.15, 0.2) is 0 Å². The summed E-state index contributed by atoms with van der Waals surface area (Å²) in [5.41, 5.74) is 8.56. The summed E-state index contributed by atoms with van der Waals surface area (Å²) in [6, 6.07) is 12.5. The lowest BCUT2D eigenvalue weighted by Gasteiger charge is -2.12. The first-order valence-corrected chi connectivity index (χ1v) is 8.55. The molecule has 4 heteroatoms. The van der Waals surface area contributed by atoms with Crippen LogP contribution in [0.2, 0.25) is 10.0 Å². The molecule has 0 aromatic heterocycles. The molecule has 1 atom stereocenters. The van der Waals surface area contributed by atoms with Gasteiger partial charge in [0.25, 0.3) is 0 Å². The molecular formula is C17H19Cl2NS. The zero-order chi connectivity index (χ0) is 15.4. The average molecular weight is 340 g/mol. The van der Waals surface area contributed by atoms with Crippen LogP contribution in [-0.2, 0) is 6.42 Å². The van der Waals surface area contributed by atoms with Crippen molar-refractivity contribution in [3.63, 3.8) is 0 Å². The molecule has 2 aromatic carbocycles. The highest BCUT2D eigenvalue weighted by molar-refractivity contribution is 7.99. The summed E-state index contributed by atoms with van der Waals surface area (Å²) in [7, 11) is 0. The molecule has 0 bridgehead atoms. The molecule has 0 aliphatic heterocycles. The number of benzene rings is 2. The minimum Gasteiger partial charge on any atom is -0.327 e. The van der Waals surface area contributed by atoms with Gasteiger partial charge in [-0.3, -0.25) is 0 Å². The van der Waals surface area contributed by atoms with Crippen molar-refractivity contribution in [1.82, 2.24) is 0 Å². The highest BCUT2D eigenvalue weighted by Gasteiger charge is 2.07. The SMILES string of the molecule is CCC(N)Cc1ccc(Sc2ccc(Cl)c(Cl)c2)c(C)c1. The van der Waals surface area contributed by atoms with Crippen LogP contribution in [0.25, 0.3) is 0 Å². The lowest BCUT2D eigenvalue weighted by atomic mass is 10.0. The van der Waals surface area contributed by atoms with Gasteiger partial charge in [-0.2, -0.15) is 0 Å². The van der Waals surface area contributed by atoms with Crippen molar-refractivity contribution in [2.75, 3.05) is 0 Å². The van der Waals surface area contributed by atoms with Crippen molar-refractivity contribution in [3.8, 4) is 0 Å². The maximum atomic E-state index is 6.06. The second kappa shape index (κ2) is 7.55. The van der Waals surface area contributed by atoms with Gasteiger partial charge in [-0.15, -0.1) is 0 Å². The van der Waals surface area contributed by atoms with E-state index in [2.05, 4.69) is 32.0 Å². The molecular weight excluding hydrogens is 321 g/mol. The largest absolute Gasteiger partial charge is 0.327 e. The number of hydrogen-bond donors (Lipinski definition) is 1. The van der Waals surface area contributed by atoms with E-state index in [0.29, 0.717) is 10.0 Å². The van der Waals surface area contributed by atoms with Gasteiger partial charge >= 0.3 is 0 Å². The monoisotopic (exact) mass is 339 g/mol. The molecule has 2 rings (SSSR count). The summed E-state index contributed by atoms with van der Waals surface area (Å²) in [6.07, 6.45) is 1.92. The van der Waals surface area contributed by atoms with E-state index in [1.165, 1.54) is 16.0 Å². The molecule has 1 nitrogen and oxygen atoms in total. The maximum Gasteiger partial charge on any atom is 0.0603 e. The van der Waals surface area contributed by atoms with E-state index >= 15 is 0 Å². The lowest BCUT2D eigenvalue weighted by molar-refractivity contribution is 0.646. The van der Waals surface area contributed by atoms with Crippen molar-refractivity contribution in [2.45, 2.75) is 42.5 Å². The highest BCUT2D eigenvalue weighted by Crippen LogP contribution is 2.34. The van der Waals surface area contributed by atoms with Crippen LogP contribution in [-0.4, -0.2) is 6.04 Å². The van der Waals surface area contributed by atoms with Gasteiger partial charge in [-0.05, 0) is 55.2 Å². The van der Waals surface area contributed by atoms with Gasteiger partial charge in [0.1, 0.15) is 0 Å². The molecule has 0 heterocycles. The molecule has 0 amide bonds. The summed E-state index contributed by atoms with van der Waals surface area (Å²) < 4.78 is 0. The number of halogens is 2. The lowest BCUT2D eigenvalue weighted by Crippen LogP contribution is -2.21. The van der Waals surface area contributed by atoms with E-state index in [1.54, 1.807) is 11.8 Å². The smallest absolute Gasteiger partial charge is 0.0603 e. The van der Waals surface area contributed by atoms with Gasteiger partial charge in [0.2, 0.25) is 0 Å². The Labute approximate surface area is 140 Å². The van der Waals surface area contributed by atoms with Crippen LogP contribution in [0.5, 0.6) is 0 Å². The van der Waals surface area contributed by atoms with Crippen molar-refractivity contribution >= 4 is 35.0 Å². The second-order valence-corrected chi connectivity index (χ2v) is 7.08. The normalized spacial score (nSPS) is 12.4.